The molecule has 0 saturated heterocycles. The molecule has 1 heterocycles. The summed E-state index contributed by atoms with van der Waals surface area (Å²) in [5.41, 5.74) is 4.25. The highest BCUT2D eigenvalue weighted by molar-refractivity contribution is 7.85. The summed E-state index contributed by atoms with van der Waals surface area (Å²) in [5.74, 6) is 0.813. The molecule has 0 saturated carbocycles. The average molecular weight is 263 g/mol. The van der Waals surface area contributed by atoms with Crippen LogP contribution in [-0.4, -0.2) is 16.5 Å². The van der Waals surface area contributed by atoms with Crippen molar-refractivity contribution in [1.29, 1.82) is 0 Å². The van der Waals surface area contributed by atoms with Gasteiger partial charge in [-0.2, -0.15) is 0 Å². The van der Waals surface area contributed by atoms with E-state index in [2.05, 4.69) is 24.4 Å². The number of rotatable bonds is 3. The first-order valence-corrected chi connectivity index (χ1v) is 8.39. The van der Waals surface area contributed by atoms with E-state index in [4.69, 9.17) is 0 Å². The molecule has 3 heteroatoms. The van der Waals surface area contributed by atoms with Crippen LogP contribution < -0.4 is 5.32 Å². The maximum absolute atomic E-state index is 12.2. The first-order valence-electron chi connectivity index (χ1n) is 7.07. The van der Waals surface area contributed by atoms with Crippen molar-refractivity contribution < 1.29 is 4.21 Å². The van der Waals surface area contributed by atoms with E-state index in [0.717, 1.165) is 30.0 Å². The number of aryl methyl sites for hydroxylation is 2. The molecule has 18 heavy (non-hydrogen) atoms. The standard InChI is InChI=1S/C15H21NOS/c1-2-7-16-14-6-8-18(17)15-10-12-5-3-4-11(12)9-13(14)15/h9-10,14,16H,2-8H2,1H3. The van der Waals surface area contributed by atoms with Crippen LogP contribution in [0.25, 0.3) is 0 Å². The van der Waals surface area contributed by atoms with Crippen LogP contribution in [0.5, 0.6) is 0 Å². The van der Waals surface area contributed by atoms with Crippen molar-refractivity contribution in [3.8, 4) is 0 Å². The lowest BCUT2D eigenvalue weighted by atomic mass is 9.98. The second-order valence-corrected chi connectivity index (χ2v) is 6.90. The maximum atomic E-state index is 12.2. The molecule has 1 aliphatic heterocycles. The first kappa shape index (κ1) is 12.4. The average Bonchev–Trinajstić information content (AvgIpc) is 2.83. The van der Waals surface area contributed by atoms with Crippen LogP contribution in [0.1, 0.15) is 48.9 Å². The highest BCUT2D eigenvalue weighted by atomic mass is 32.2. The fourth-order valence-corrected chi connectivity index (χ4v) is 4.52. The second kappa shape index (κ2) is 5.14. The van der Waals surface area contributed by atoms with Crippen molar-refractivity contribution in [2.45, 2.75) is 50.0 Å². The molecule has 1 N–H and O–H groups in total. The Labute approximate surface area is 112 Å². The summed E-state index contributed by atoms with van der Waals surface area (Å²) in [7, 11) is -0.774. The SMILES string of the molecule is CCCNC1CCS(=O)c2cc3c(cc21)CCC3. The van der Waals surface area contributed by atoms with E-state index < -0.39 is 10.8 Å². The van der Waals surface area contributed by atoms with E-state index >= 15 is 0 Å². The molecule has 2 unspecified atom stereocenters. The Morgan fingerprint density at radius 1 is 1.33 bits per heavy atom. The third-order valence-electron chi connectivity index (χ3n) is 4.08. The summed E-state index contributed by atoms with van der Waals surface area (Å²) in [5, 5.41) is 3.60. The van der Waals surface area contributed by atoms with E-state index in [1.807, 2.05) is 0 Å². The molecule has 0 radical (unpaired) electrons. The maximum Gasteiger partial charge on any atom is 0.0533 e. The summed E-state index contributed by atoms with van der Waals surface area (Å²) < 4.78 is 12.2. The Kier molecular flexibility index (Phi) is 3.53. The smallest absolute Gasteiger partial charge is 0.0533 e. The number of fused-ring (bicyclic) bond motifs is 2. The van der Waals surface area contributed by atoms with Gasteiger partial charge in [-0.3, -0.25) is 4.21 Å². The van der Waals surface area contributed by atoms with Gasteiger partial charge in [-0.1, -0.05) is 13.0 Å². The fourth-order valence-electron chi connectivity index (χ4n) is 3.11. The van der Waals surface area contributed by atoms with Gasteiger partial charge in [0.05, 0.1) is 10.8 Å². The normalized spacial score (nSPS) is 25.8. The summed E-state index contributed by atoms with van der Waals surface area (Å²) in [6.07, 6.45) is 5.80. The van der Waals surface area contributed by atoms with Crippen LogP contribution >= 0.6 is 0 Å². The predicted octanol–water partition coefficient (Wildman–Crippen LogP) is 2.73. The number of hydrogen-bond acceptors (Lipinski definition) is 2. The van der Waals surface area contributed by atoms with Gasteiger partial charge >= 0.3 is 0 Å². The summed E-state index contributed by atoms with van der Waals surface area (Å²) in [6.45, 7) is 3.24. The minimum absolute atomic E-state index is 0.420. The van der Waals surface area contributed by atoms with E-state index in [0.29, 0.717) is 6.04 Å². The molecule has 1 aromatic carbocycles. The van der Waals surface area contributed by atoms with Gasteiger partial charge in [-0.05, 0) is 61.4 Å². The Bertz CT molecular complexity index is 484. The molecule has 0 bridgehead atoms. The van der Waals surface area contributed by atoms with Crippen molar-refractivity contribution >= 4 is 10.8 Å². The first-order chi connectivity index (χ1) is 8.79. The highest BCUT2D eigenvalue weighted by Crippen LogP contribution is 2.35. The third-order valence-corrected chi connectivity index (χ3v) is 5.53. The van der Waals surface area contributed by atoms with Gasteiger partial charge < -0.3 is 5.32 Å². The molecule has 0 amide bonds. The minimum Gasteiger partial charge on any atom is -0.310 e. The molecule has 0 aromatic heterocycles. The molecule has 2 nitrogen and oxygen atoms in total. The van der Waals surface area contributed by atoms with E-state index in [1.54, 1.807) is 0 Å². The zero-order chi connectivity index (χ0) is 12.5. The lowest BCUT2D eigenvalue weighted by molar-refractivity contribution is 0.503. The van der Waals surface area contributed by atoms with Crippen LogP contribution in [0.3, 0.4) is 0 Å². The van der Waals surface area contributed by atoms with Gasteiger partial charge in [-0.15, -0.1) is 0 Å². The Morgan fingerprint density at radius 3 is 2.89 bits per heavy atom. The van der Waals surface area contributed by atoms with Gasteiger partial charge in [0.2, 0.25) is 0 Å². The van der Waals surface area contributed by atoms with Gasteiger partial charge in [0, 0.05) is 16.7 Å². The van der Waals surface area contributed by atoms with E-state index in [9.17, 15) is 4.21 Å². The zero-order valence-electron chi connectivity index (χ0n) is 11.0. The number of benzene rings is 1. The van der Waals surface area contributed by atoms with Crippen LogP contribution in [-0.2, 0) is 23.6 Å². The molecule has 2 aliphatic rings. The largest absolute Gasteiger partial charge is 0.310 e. The molecular formula is C15H21NOS. The second-order valence-electron chi connectivity index (χ2n) is 5.36. The van der Waals surface area contributed by atoms with Gasteiger partial charge in [0.1, 0.15) is 0 Å². The van der Waals surface area contributed by atoms with Crippen LogP contribution in [0.15, 0.2) is 17.0 Å². The van der Waals surface area contributed by atoms with Crippen molar-refractivity contribution in [1.82, 2.24) is 5.32 Å². The van der Waals surface area contributed by atoms with Crippen molar-refractivity contribution in [2.24, 2.45) is 0 Å². The molecule has 0 fully saturated rings. The van der Waals surface area contributed by atoms with Crippen molar-refractivity contribution in [3.63, 3.8) is 0 Å². The van der Waals surface area contributed by atoms with Gasteiger partial charge in [0.25, 0.3) is 0 Å². The monoisotopic (exact) mass is 263 g/mol. The molecular weight excluding hydrogens is 242 g/mol. The third kappa shape index (κ3) is 2.14. The Hall–Kier alpha value is -0.670. The van der Waals surface area contributed by atoms with Crippen LogP contribution in [0, 0.1) is 0 Å². The lowest BCUT2D eigenvalue weighted by Crippen LogP contribution is -2.28. The van der Waals surface area contributed by atoms with E-state index in [-0.39, 0.29) is 0 Å². The van der Waals surface area contributed by atoms with Gasteiger partial charge in [-0.25, -0.2) is 0 Å². The predicted molar refractivity (Wildman–Crippen MR) is 75.4 cm³/mol. The summed E-state index contributed by atoms with van der Waals surface area (Å²) >= 11 is 0. The molecule has 2 atom stereocenters. The quantitative estimate of drug-likeness (QED) is 0.908. The number of hydrogen-bond donors (Lipinski definition) is 1. The van der Waals surface area contributed by atoms with Gasteiger partial charge in [0.15, 0.2) is 0 Å². The zero-order valence-corrected chi connectivity index (χ0v) is 11.8. The number of nitrogens with one attached hydrogen (secondary N) is 1. The minimum atomic E-state index is -0.774. The Balaban J connectivity index is 1.98. The van der Waals surface area contributed by atoms with E-state index in [1.165, 1.54) is 36.0 Å². The molecule has 0 spiro atoms. The molecule has 1 aromatic rings. The summed E-state index contributed by atoms with van der Waals surface area (Å²) in [4.78, 5) is 1.11. The molecule has 98 valence electrons. The highest BCUT2D eigenvalue weighted by Gasteiger charge is 2.26. The van der Waals surface area contributed by atoms with Crippen LogP contribution in [0.2, 0.25) is 0 Å². The fraction of sp³-hybridized carbons (Fsp3) is 0.600. The molecule has 3 rings (SSSR count). The topological polar surface area (TPSA) is 29.1 Å². The Morgan fingerprint density at radius 2 is 2.11 bits per heavy atom. The van der Waals surface area contributed by atoms with Crippen molar-refractivity contribution in [2.75, 3.05) is 12.3 Å². The summed E-state index contributed by atoms with van der Waals surface area (Å²) in [6, 6.07) is 4.99. The van der Waals surface area contributed by atoms with Crippen LogP contribution in [0.4, 0.5) is 0 Å². The molecule has 1 aliphatic carbocycles. The van der Waals surface area contributed by atoms with Crippen molar-refractivity contribution in [3.05, 3.63) is 28.8 Å². The lowest BCUT2D eigenvalue weighted by Gasteiger charge is -2.27.